The molecule has 0 radical (unpaired) electrons. The van der Waals surface area contributed by atoms with Crippen LogP contribution >= 0.6 is 11.3 Å². The van der Waals surface area contributed by atoms with Crippen LogP contribution in [0, 0.1) is 6.92 Å². The first-order valence-electron chi connectivity index (χ1n) is 5.09. The average Bonchev–Trinajstić information content (AvgIpc) is 2.61. The molecule has 2 N–H and O–H groups in total. The first-order valence-corrected chi connectivity index (χ1v) is 5.91. The van der Waals surface area contributed by atoms with Crippen LogP contribution in [0.15, 0.2) is 0 Å². The van der Waals surface area contributed by atoms with Crippen LogP contribution in [-0.4, -0.2) is 11.6 Å². The minimum absolute atomic E-state index is 0.229. The van der Waals surface area contributed by atoms with E-state index in [4.69, 9.17) is 10.5 Å². The normalized spacial score (nSPS) is 22.6. The Labute approximate surface area is 88.3 Å². The predicted molar refractivity (Wildman–Crippen MR) is 57.3 cm³/mol. The van der Waals surface area contributed by atoms with Crippen molar-refractivity contribution in [2.45, 2.75) is 38.8 Å². The lowest BCUT2D eigenvalue weighted by atomic mass is 10.1. The van der Waals surface area contributed by atoms with Crippen molar-refractivity contribution in [3.63, 3.8) is 0 Å². The summed E-state index contributed by atoms with van der Waals surface area (Å²) in [6.07, 6.45) is 3.77. The van der Waals surface area contributed by atoms with E-state index in [1.807, 2.05) is 6.92 Å². The van der Waals surface area contributed by atoms with Crippen molar-refractivity contribution in [1.82, 2.24) is 4.98 Å². The van der Waals surface area contributed by atoms with Gasteiger partial charge in [0.25, 0.3) is 0 Å². The smallest absolute Gasteiger partial charge is 0.122 e. The van der Waals surface area contributed by atoms with Crippen molar-refractivity contribution in [2.75, 3.05) is 6.61 Å². The van der Waals surface area contributed by atoms with Crippen molar-refractivity contribution in [2.24, 2.45) is 5.73 Å². The molecule has 1 atom stereocenters. The third-order valence-corrected chi connectivity index (χ3v) is 3.82. The van der Waals surface area contributed by atoms with Gasteiger partial charge in [0.05, 0.1) is 5.69 Å². The summed E-state index contributed by atoms with van der Waals surface area (Å²) in [5, 5.41) is 1.11. The van der Waals surface area contributed by atoms with Gasteiger partial charge in [-0.1, -0.05) is 0 Å². The molecule has 1 unspecified atom stereocenters. The van der Waals surface area contributed by atoms with Gasteiger partial charge >= 0.3 is 0 Å². The Hall–Kier alpha value is -0.450. The van der Waals surface area contributed by atoms with Crippen LogP contribution in [-0.2, 0) is 11.3 Å². The SMILES string of the molecule is Cc1nc(C2CCCCO2)sc1CN. The van der Waals surface area contributed by atoms with E-state index in [-0.39, 0.29) is 6.10 Å². The zero-order valence-corrected chi connectivity index (χ0v) is 9.27. The monoisotopic (exact) mass is 212 g/mol. The summed E-state index contributed by atoms with van der Waals surface area (Å²) in [6, 6.07) is 0. The van der Waals surface area contributed by atoms with E-state index in [9.17, 15) is 0 Å². The lowest BCUT2D eigenvalue weighted by molar-refractivity contribution is 0.0148. The molecular formula is C10H16N2OS. The summed E-state index contributed by atoms with van der Waals surface area (Å²) < 4.78 is 5.68. The molecule has 0 spiro atoms. The molecule has 0 saturated carbocycles. The zero-order valence-electron chi connectivity index (χ0n) is 8.45. The molecule has 4 heteroatoms. The molecule has 1 aliphatic rings. The topological polar surface area (TPSA) is 48.1 Å². The first kappa shape index (κ1) is 10.1. The highest BCUT2D eigenvalue weighted by molar-refractivity contribution is 7.11. The Morgan fingerprint density at radius 3 is 3.00 bits per heavy atom. The van der Waals surface area contributed by atoms with Crippen LogP contribution in [0.1, 0.15) is 40.9 Å². The van der Waals surface area contributed by atoms with Gasteiger partial charge in [0.1, 0.15) is 11.1 Å². The lowest BCUT2D eigenvalue weighted by Crippen LogP contribution is -2.11. The van der Waals surface area contributed by atoms with Gasteiger partial charge in [0, 0.05) is 18.0 Å². The Morgan fingerprint density at radius 1 is 1.57 bits per heavy atom. The van der Waals surface area contributed by atoms with Crippen molar-refractivity contribution in [3.8, 4) is 0 Å². The molecule has 0 bridgehead atoms. The number of rotatable bonds is 2. The number of thiazole rings is 1. The van der Waals surface area contributed by atoms with E-state index in [1.165, 1.54) is 17.7 Å². The minimum Gasteiger partial charge on any atom is -0.371 e. The second-order valence-electron chi connectivity index (χ2n) is 3.62. The van der Waals surface area contributed by atoms with Gasteiger partial charge in [-0.2, -0.15) is 0 Å². The van der Waals surface area contributed by atoms with Gasteiger partial charge in [-0.25, -0.2) is 4.98 Å². The van der Waals surface area contributed by atoms with Crippen molar-refractivity contribution in [3.05, 3.63) is 15.6 Å². The maximum Gasteiger partial charge on any atom is 0.122 e. The zero-order chi connectivity index (χ0) is 9.97. The number of hydrogen-bond donors (Lipinski definition) is 1. The summed E-state index contributed by atoms with van der Waals surface area (Å²) in [6.45, 7) is 3.49. The molecule has 0 aromatic carbocycles. The van der Waals surface area contributed by atoms with Crippen molar-refractivity contribution >= 4 is 11.3 Å². The van der Waals surface area contributed by atoms with E-state index in [1.54, 1.807) is 11.3 Å². The van der Waals surface area contributed by atoms with E-state index in [2.05, 4.69) is 4.98 Å². The van der Waals surface area contributed by atoms with E-state index >= 15 is 0 Å². The van der Waals surface area contributed by atoms with Gasteiger partial charge < -0.3 is 10.5 Å². The second-order valence-corrected chi connectivity index (χ2v) is 4.74. The highest BCUT2D eigenvalue weighted by Crippen LogP contribution is 2.31. The van der Waals surface area contributed by atoms with E-state index in [0.717, 1.165) is 23.7 Å². The minimum atomic E-state index is 0.229. The molecular weight excluding hydrogens is 196 g/mol. The van der Waals surface area contributed by atoms with Crippen LogP contribution in [0.2, 0.25) is 0 Å². The lowest BCUT2D eigenvalue weighted by Gasteiger charge is -2.20. The highest BCUT2D eigenvalue weighted by atomic mass is 32.1. The molecule has 1 saturated heterocycles. The fourth-order valence-corrected chi connectivity index (χ4v) is 2.74. The predicted octanol–water partition coefficient (Wildman–Crippen LogP) is 2.15. The van der Waals surface area contributed by atoms with Gasteiger partial charge in [0.15, 0.2) is 0 Å². The molecule has 1 fully saturated rings. The molecule has 14 heavy (non-hydrogen) atoms. The number of nitrogens with zero attached hydrogens (tertiary/aromatic N) is 1. The Bertz CT molecular complexity index is 305. The summed E-state index contributed by atoms with van der Waals surface area (Å²) >= 11 is 1.70. The second kappa shape index (κ2) is 4.38. The van der Waals surface area contributed by atoms with Crippen LogP contribution < -0.4 is 5.73 Å². The number of ether oxygens (including phenoxy) is 1. The van der Waals surface area contributed by atoms with E-state index in [0.29, 0.717) is 6.54 Å². The summed E-state index contributed by atoms with van der Waals surface area (Å²) in [7, 11) is 0. The first-order chi connectivity index (χ1) is 6.81. The maximum absolute atomic E-state index is 5.68. The average molecular weight is 212 g/mol. The molecule has 0 amide bonds. The maximum atomic E-state index is 5.68. The Kier molecular flexibility index (Phi) is 3.15. The van der Waals surface area contributed by atoms with Crippen LogP contribution in [0.3, 0.4) is 0 Å². The number of hydrogen-bond acceptors (Lipinski definition) is 4. The van der Waals surface area contributed by atoms with Gasteiger partial charge in [-0.05, 0) is 26.2 Å². The quantitative estimate of drug-likeness (QED) is 0.817. The van der Waals surface area contributed by atoms with Crippen LogP contribution in [0.4, 0.5) is 0 Å². The molecule has 1 aliphatic heterocycles. The summed E-state index contributed by atoms with van der Waals surface area (Å²) in [4.78, 5) is 5.71. The van der Waals surface area contributed by atoms with Gasteiger partial charge in [-0.3, -0.25) is 0 Å². The molecule has 2 rings (SSSR count). The third kappa shape index (κ3) is 1.97. The molecule has 1 aromatic rings. The fourth-order valence-electron chi connectivity index (χ4n) is 1.71. The Morgan fingerprint density at radius 2 is 2.43 bits per heavy atom. The van der Waals surface area contributed by atoms with Gasteiger partial charge in [0.2, 0.25) is 0 Å². The highest BCUT2D eigenvalue weighted by Gasteiger charge is 2.20. The number of aromatic nitrogens is 1. The fraction of sp³-hybridized carbons (Fsp3) is 0.700. The third-order valence-electron chi connectivity index (χ3n) is 2.55. The standard InChI is InChI=1S/C10H16N2OS/c1-7-9(6-11)14-10(12-7)8-4-2-3-5-13-8/h8H,2-6,11H2,1H3. The largest absolute Gasteiger partial charge is 0.371 e. The Balaban J connectivity index is 2.14. The van der Waals surface area contributed by atoms with Crippen molar-refractivity contribution in [1.29, 1.82) is 0 Å². The summed E-state index contributed by atoms with van der Waals surface area (Å²) in [5.74, 6) is 0. The molecule has 1 aromatic heterocycles. The summed E-state index contributed by atoms with van der Waals surface area (Å²) in [5.41, 5.74) is 6.69. The molecule has 78 valence electrons. The van der Waals surface area contributed by atoms with Crippen LogP contribution in [0.5, 0.6) is 0 Å². The molecule has 2 heterocycles. The van der Waals surface area contributed by atoms with Crippen LogP contribution in [0.25, 0.3) is 0 Å². The van der Waals surface area contributed by atoms with Gasteiger partial charge in [-0.15, -0.1) is 11.3 Å². The van der Waals surface area contributed by atoms with E-state index < -0.39 is 0 Å². The molecule has 3 nitrogen and oxygen atoms in total. The molecule has 0 aliphatic carbocycles. The number of nitrogens with two attached hydrogens (primary N) is 1. The van der Waals surface area contributed by atoms with Crippen molar-refractivity contribution < 1.29 is 4.74 Å². The number of aryl methyl sites for hydroxylation is 1.